The van der Waals surface area contributed by atoms with Crippen molar-refractivity contribution < 1.29 is 9.90 Å². The highest BCUT2D eigenvalue weighted by atomic mass is 35.5. The van der Waals surface area contributed by atoms with Crippen LogP contribution in [0.4, 0.5) is 0 Å². The maximum Gasteiger partial charge on any atom is 0.233 e. The molecule has 3 N–H and O–H groups in total. The standard InChI is InChI=1S/C14H22N2O2.ClH/c1-11(17)8-13(9-16-14(18)10-15-2)12-6-4-3-5-7-12;/h3-7,11,13,15,17H,8-10H2,1-2H3,(H,16,18);1H. The topological polar surface area (TPSA) is 61.4 Å². The number of aliphatic hydroxyl groups excluding tert-OH is 1. The van der Waals surface area contributed by atoms with E-state index in [4.69, 9.17) is 0 Å². The first-order chi connectivity index (χ1) is 8.63. The van der Waals surface area contributed by atoms with Gasteiger partial charge < -0.3 is 15.7 Å². The van der Waals surface area contributed by atoms with Crippen molar-refractivity contribution in [2.45, 2.75) is 25.4 Å². The zero-order valence-corrected chi connectivity index (χ0v) is 12.2. The van der Waals surface area contributed by atoms with Crippen molar-refractivity contribution in [3.05, 3.63) is 35.9 Å². The minimum atomic E-state index is -0.378. The summed E-state index contributed by atoms with van der Waals surface area (Å²) in [4.78, 5) is 11.4. The predicted octanol–water partition coefficient (Wildman–Crippen LogP) is 1.30. The van der Waals surface area contributed by atoms with Gasteiger partial charge in [-0.15, -0.1) is 12.4 Å². The van der Waals surface area contributed by atoms with E-state index in [0.717, 1.165) is 5.56 Å². The maximum absolute atomic E-state index is 11.4. The summed E-state index contributed by atoms with van der Waals surface area (Å²) in [5.74, 6) is 0.121. The second-order valence-corrected chi connectivity index (χ2v) is 4.53. The number of carbonyl (C=O) groups excluding carboxylic acids is 1. The third kappa shape index (κ3) is 7.15. The second-order valence-electron chi connectivity index (χ2n) is 4.53. The summed E-state index contributed by atoms with van der Waals surface area (Å²) in [6.45, 7) is 2.64. The lowest BCUT2D eigenvalue weighted by Gasteiger charge is -2.19. The zero-order chi connectivity index (χ0) is 13.4. The lowest BCUT2D eigenvalue weighted by Crippen LogP contribution is -2.35. The van der Waals surface area contributed by atoms with Crippen molar-refractivity contribution >= 4 is 18.3 Å². The molecule has 4 nitrogen and oxygen atoms in total. The number of carbonyl (C=O) groups is 1. The Bertz CT molecular complexity index is 358. The molecule has 2 unspecified atom stereocenters. The molecule has 1 aromatic carbocycles. The summed E-state index contributed by atoms with van der Waals surface area (Å²) < 4.78 is 0. The fourth-order valence-corrected chi connectivity index (χ4v) is 1.93. The fraction of sp³-hybridized carbons (Fsp3) is 0.500. The van der Waals surface area contributed by atoms with E-state index in [0.29, 0.717) is 19.5 Å². The fourth-order valence-electron chi connectivity index (χ4n) is 1.93. The highest BCUT2D eigenvalue weighted by Crippen LogP contribution is 2.20. The lowest BCUT2D eigenvalue weighted by molar-refractivity contribution is -0.120. The zero-order valence-electron chi connectivity index (χ0n) is 11.4. The van der Waals surface area contributed by atoms with Crippen LogP contribution in [-0.4, -0.2) is 37.3 Å². The first-order valence-corrected chi connectivity index (χ1v) is 6.27. The van der Waals surface area contributed by atoms with Crippen LogP contribution >= 0.6 is 12.4 Å². The molecule has 0 aromatic heterocycles. The molecule has 0 saturated carbocycles. The third-order valence-corrected chi connectivity index (χ3v) is 2.78. The van der Waals surface area contributed by atoms with Gasteiger partial charge in [-0.3, -0.25) is 4.79 Å². The second kappa shape index (κ2) is 9.78. The molecule has 0 heterocycles. The van der Waals surface area contributed by atoms with Crippen molar-refractivity contribution in [3.8, 4) is 0 Å². The van der Waals surface area contributed by atoms with Crippen molar-refractivity contribution in [2.24, 2.45) is 0 Å². The Morgan fingerprint density at radius 2 is 1.95 bits per heavy atom. The Labute approximate surface area is 121 Å². The Morgan fingerprint density at radius 3 is 2.47 bits per heavy atom. The predicted molar refractivity (Wildman–Crippen MR) is 79.7 cm³/mol. The highest BCUT2D eigenvalue weighted by molar-refractivity contribution is 5.85. The summed E-state index contributed by atoms with van der Waals surface area (Å²) in [5.41, 5.74) is 1.14. The van der Waals surface area contributed by atoms with Gasteiger partial charge in [-0.2, -0.15) is 0 Å². The summed E-state index contributed by atoms with van der Waals surface area (Å²) >= 11 is 0. The molecule has 1 aromatic rings. The Morgan fingerprint density at radius 1 is 1.32 bits per heavy atom. The smallest absolute Gasteiger partial charge is 0.233 e. The number of halogens is 1. The average Bonchev–Trinajstić information content (AvgIpc) is 2.35. The SMILES string of the molecule is CNCC(=O)NCC(CC(C)O)c1ccccc1.Cl. The first kappa shape index (κ1) is 17.9. The van der Waals surface area contributed by atoms with Gasteiger partial charge in [0.05, 0.1) is 12.6 Å². The first-order valence-electron chi connectivity index (χ1n) is 6.27. The molecule has 5 heteroatoms. The number of likely N-dealkylation sites (N-methyl/N-ethyl adjacent to an activating group) is 1. The molecule has 0 aliphatic heterocycles. The molecule has 2 atom stereocenters. The molecule has 0 fully saturated rings. The summed E-state index contributed by atoms with van der Waals surface area (Å²) in [6, 6.07) is 9.96. The molecule has 0 saturated heterocycles. The van der Waals surface area contributed by atoms with Gasteiger partial charge in [0.15, 0.2) is 0 Å². The van der Waals surface area contributed by atoms with Gasteiger partial charge in [0.25, 0.3) is 0 Å². The van der Waals surface area contributed by atoms with Crippen LogP contribution in [0.25, 0.3) is 0 Å². The van der Waals surface area contributed by atoms with Gasteiger partial charge in [-0.05, 0) is 26.0 Å². The number of nitrogens with one attached hydrogen (secondary N) is 2. The minimum absolute atomic E-state index is 0. The molecular weight excluding hydrogens is 264 g/mol. The van der Waals surface area contributed by atoms with Crippen molar-refractivity contribution in [2.75, 3.05) is 20.1 Å². The van der Waals surface area contributed by atoms with Crippen molar-refractivity contribution in [1.82, 2.24) is 10.6 Å². The number of rotatable bonds is 7. The molecule has 108 valence electrons. The van der Waals surface area contributed by atoms with Crippen LogP contribution < -0.4 is 10.6 Å². The quantitative estimate of drug-likeness (QED) is 0.708. The molecule has 0 aliphatic rings. The monoisotopic (exact) mass is 286 g/mol. The van der Waals surface area contributed by atoms with Gasteiger partial charge in [0.2, 0.25) is 5.91 Å². The van der Waals surface area contributed by atoms with Crippen LogP contribution in [0.15, 0.2) is 30.3 Å². The van der Waals surface area contributed by atoms with Crippen molar-refractivity contribution in [1.29, 1.82) is 0 Å². The summed E-state index contributed by atoms with van der Waals surface area (Å²) in [6.07, 6.45) is 0.264. The number of benzene rings is 1. The van der Waals surface area contributed by atoms with Gasteiger partial charge in [-0.25, -0.2) is 0 Å². The molecular formula is C14H23ClN2O2. The van der Waals surface area contributed by atoms with Crippen LogP contribution in [0.2, 0.25) is 0 Å². The Hall–Kier alpha value is -1.10. The van der Waals surface area contributed by atoms with E-state index in [1.807, 2.05) is 30.3 Å². The van der Waals surface area contributed by atoms with E-state index in [9.17, 15) is 9.90 Å². The molecule has 1 rings (SSSR count). The number of aliphatic hydroxyl groups is 1. The molecule has 0 bridgehead atoms. The van der Waals surface area contributed by atoms with Crippen LogP contribution in [0.3, 0.4) is 0 Å². The molecule has 0 spiro atoms. The largest absolute Gasteiger partial charge is 0.393 e. The van der Waals surface area contributed by atoms with Gasteiger partial charge >= 0.3 is 0 Å². The average molecular weight is 287 g/mol. The van der Waals surface area contributed by atoms with Crippen LogP contribution in [0.1, 0.15) is 24.8 Å². The molecule has 0 radical (unpaired) electrons. The molecule has 0 aliphatic carbocycles. The number of hydrogen-bond donors (Lipinski definition) is 3. The van der Waals surface area contributed by atoms with E-state index in [2.05, 4.69) is 10.6 Å². The van der Waals surface area contributed by atoms with Crippen LogP contribution in [0, 0.1) is 0 Å². The van der Waals surface area contributed by atoms with Crippen molar-refractivity contribution in [3.63, 3.8) is 0 Å². The van der Waals surface area contributed by atoms with E-state index in [-0.39, 0.29) is 30.3 Å². The maximum atomic E-state index is 11.4. The third-order valence-electron chi connectivity index (χ3n) is 2.78. The van der Waals surface area contributed by atoms with E-state index >= 15 is 0 Å². The van der Waals surface area contributed by atoms with E-state index < -0.39 is 0 Å². The summed E-state index contributed by atoms with van der Waals surface area (Å²) in [5, 5.41) is 15.2. The van der Waals surface area contributed by atoms with E-state index in [1.54, 1.807) is 14.0 Å². The van der Waals surface area contributed by atoms with Gasteiger partial charge in [0.1, 0.15) is 0 Å². The van der Waals surface area contributed by atoms with Crippen LogP contribution in [0.5, 0.6) is 0 Å². The highest BCUT2D eigenvalue weighted by Gasteiger charge is 2.14. The summed E-state index contributed by atoms with van der Waals surface area (Å²) in [7, 11) is 1.74. The van der Waals surface area contributed by atoms with Gasteiger partial charge in [-0.1, -0.05) is 30.3 Å². The number of amides is 1. The lowest BCUT2D eigenvalue weighted by atomic mass is 9.93. The van der Waals surface area contributed by atoms with Crippen LogP contribution in [-0.2, 0) is 4.79 Å². The van der Waals surface area contributed by atoms with Gasteiger partial charge in [0, 0.05) is 12.5 Å². The Kier molecular flexibility index (Phi) is 9.21. The molecule has 1 amide bonds. The van der Waals surface area contributed by atoms with E-state index in [1.165, 1.54) is 0 Å². The minimum Gasteiger partial charge on any atom is -0.393 e. The Balaban J connectivity index is 0.00000324. The normalized spacial score (nSPS) is 13.2. The molecule has 19 heavy (non-hydrogen) atoms. The number of hydrogen-bond acceptors (Lipinski definition) is 3.